The monoisotopic (exact) mass is 211 g/mol. The van der Waals surface area contributed by atoms with Crippen LogP contribution in [0.5, 0.6) is 0 Å². The molecule has 2 unspecified atom stereocenters. The van der Waals surface area contributed by atoms with Gasteiger partial charge in [-0.1, -0.05) is 32.1 Å². The van der Waals surface area contributed by atoms with Gasteiger partial charge in [0.1, 0.15) is 0 Å². The summed E-state index contributed by atoms with van der Waals surface area (Å²) in [5, 5.41) is 14.2. The SMILES string of the molecule is CNC1CCCCC1C1(O)CCCCC1. The van der Waals surface area contributed by atoms with Gasteiger partial charge < -0.3 is 10.4 Å². The minimum atomic E-state index is -0.341. The summed E-state index contributed by atoms with van der Waals surface area (Å²) in [5.74, 6) is 0.511. The summed E-state index contributed by atoms with van der Waals surface area (Å²) in [6, 6.07) is 0.557. The molecule has 2 saturated carbocycles. The van der Waals surface area contributed by atoms with E-state index in [0.29, 0.717) is 12.0 Å². The molecule has 0 amide bonds. The summed E-state index contributed by atoms with van der Waals surface area (Å²) in [5.41, 5.74) is -0.341. The van der Waals surface area contributed by atoms with E-state index in [0.717, 1.165) is 12.8 Å². The molecule has 2 heteroatoms. The number of aliphatic hydroxyl groups is 1. The van der Waals surface area contributed by atoms with Crippen LogP contribution in [0.4, 0.5) is 0 Å². The van der Waals surface area contributed by atoms with Gasteiger partial charge in [0.05, 0.1) is 5.60 Å². The third-order valence-electron chi connectivity index (χ3n) is 4.55. The van der Waals surface area contributed by atoms with Crippen molar-refractivity contribution in [2.24, 2.45) is 5.92 Å². The lowest BCUT2D eigenvalue weighted by Crippen LogP contribution is -2.51. The maximum absolute atomic E-state index is 10.8. The zero-order valence-electron chi connectivity index (χ0n) is 9.97. The van der Waals surface area contributed by atoms with Crippen LogP contribution in [0.2, 0.25) is 0 Å². The highest BCUT2D eigenvalue weighted by Crippen LogP contribution is 2.41. The van der Waals surface area contributed by atoms with E-state index in [-0.39, 0.29) is 5.60 Å². The molecule has 0 spiro atoms. The molecule has 0 aromatic heterocycles. The molecule has 0 aliphatic heterocycles. The molecule has 0 radical (unpaired) electrons. The fourth-order valence-corrected chi connectivity index (χ4v) is 3.65. The molecule has 0 heterocycles. The van der Waals surface area contributed by atoms with Gasteiger partial charge in [-0.15, -0.1) is 0 Å². The Balaban J connectivity index is 2.04. The minimum Gasteiger partial charge on any atom is -0.390 e. The molecule has 15 heavy (non-hydrogen) atoms. The van der Waals surface area contributed by atoms with E-state index in [1.165, 1.54) is 44.9 Å². The van der Waals surface area contributed by atoms with Gasteiger partial charge in [0.2, 0.25) is 0 Å². The molecule has 2 N–H and O–H groups in total. The molecule has 2 aliphatic carbocycles. The highest BCUT2D eigenvalue weighted by molar-refractivity contribution is 4.96. The van der Waals surface area contributed by atoms with Gasteiger partial charge >= 0.3 is 0 Å². The van der Waals surface area contributed by atoms with Gasteiger partial charge in [0.15, 0.2) is 0 Å². The number of rotatable bonds is 2. The maximum Gasteiger partial charge on any atom is 0.0690 e. The highest BCUT2D eigenvalue weighted by atomic mass is 16.3. The van der Waals surface area contributed by atoms with Crippen molar-refractivity contribution in [1.29, 1.82) is 0 Å². The van der Waals surface area contributed by atoms with Crippen LogP contribution in [0.15, 0.2) is 0 Å². The molecule has 2 fully saturated rings. The van der Waals surface area contributed by atoms with Gasteiger partial charge in [-0.25, -0.2) is 0 Å². The van der Waals surface area contributed by atoms with E-state index in [1.54, 1.807) is 0 Å². The van der Waals surface area contributed by atoms with Crippen LogP contribution >= 0.6 is 0 Å². The van der Waals surface area contributed by atoms with Crippen LogP contribution in [-0.2, 0) is 0 Å². The molecule has 2 rings (SSSR count). The summed E-state index contributed by atoms with van der Waals surface area (Å²) < 4.78 is 0. The Morgan fingerprint density at radius 1 is 1.00 bits per heavy atom. The molecule has 0 aromatic rings. The molecule has 2 nitrogen and oxygen atoms in total. The Hall–Kier alpha value is -0.0800. The van der Waals surface area contributed by atoms with E-state index in [4.69, 9.17) is 0 Å². The Labute approximate surface area is 93.5 Å². The van der Waals surface area contributed by atoms with Gasteiger partial charge in [-0.2, -0.15) is 0 Å². The molecule has 2 atom stereocenters. The summed E-state index contributed by atoms with van der Waals surface area (Å²) in [7, 11) is 2.05. The second kappa shape index (κ2) is 4.84. The topological polar surface area (TPSA) is 32.3 Å². The first kappa shape index (κ1) is 11.4. The normalized spacial score (nSPS) is 36.4. The maximum atomic E-state index is 10.8. The Kier molecular flexibility index (Phi) is 3.68. The summed E-state index contributed by atoms with van der Waals surface area (Å²) in [6.07, 6.45) is 11.0. The van der Waals surface area contributed by atoms with E-state index in [1.807, 2.05) is 0 Å². The lowest BCUT2D eigenvalue weighted by atomic mass is 9.68. The lowest BCUT2D eigenvalue weighted by molar-refractivity contribution is -0.0717. The second-order valence-corrected chi connectivity index (χ2v) is 5.45. The average molecular weight is 211 g/mol. The summed E-state index contributed by atoms with van der Waals surface area (Å²) in [4.78, 5) is 0. The lowest BCUT2D eigenvalue weighted by Gasteiger charge is -2.45. The summed E-state index contributed by atoms with van der Waals surface area (Å²) in [6.45, 7) is 0. The molecular weight excluding hydrogens is 186 g/mol. The standard InChI is InChI=1S/C13H25NO/c1-14-12-8-4-3-7-11(12)13(15)9-5-2-6-10-13/h11-12,14-15H,2-10H2,1H3. The zero-order valence-corrected chi connectivity index (χ0v) is 9.97. The van der Waals surface area contributed by atoms with Crippen LogP contribution in [-0.4, -0.2) is 23.8 Å². The smallest absolute Gasteiger partial charge is 0.0690 e. The van der Waals surface area contributed by atoms with Crippen molar-refractivity contribution in [3.8, 4) is 0 Å². The number of hydrogen-bond donors (Lipinski definition) is 2. The van der Waals surface area contributed by atoms with E-state index in [2.05, 4.69) is 12.4 Å². The minimum absolute atomic E-state index is 0.341. The zero-order chi connectivity index (χ0) is 10.7. The fraction of sp³-hybridized carbons (Fsp3) is 1.00. The van der Waals surface area contributed by atoms with Crippen molar-refractivity contribution in [1.82, 2.24) is 5.32 Å². The number of nitrogens with one attached hydrogen (secondary N) is 1. The fourth-order valence-electron chi connectivity index (χ4n) is 3.65. The van der Waals surface area contributed by atoms with Crippen LogP contribution in [0.1, 0.15) is 57.8 Å². The third-order valence-corrected chi connectivity index (χ3v) is 4.55. The van der Waals surface area contributed by atoms with Crippen molar-refractivity contribution >= 4 is 0 Å². The van der Waals surface area contributed by atoms with Crippen LogP contribution in [0, 0.1) is 5.92 Å². The van der Waals surface area contributed by atoms with Crippen molar-refractivity contribution in [2.45, 2.75) is 69.4 Å². The molecule has 2 aliphatic rings. The largest absolute Gasteiger partial charge is 0.390 e. The van der Waals surface area contributed by atoms with Crippen molar-refractivity contribution in [2.75, 3.05) is 7.05 Å². The van der Waals surface area contributed by atoms with Crippen LogP contribution < -0.4 is 5.32 Å². The van der Waals surface area contributed by atoms with Gasteiger partial charge in [-0.3, -0.25) is 0 Å². The predicted octanol–water partition coefficient (Wildman–Crippen LogP) is 2.46. The Morgan fingerprint density at radius 3 is 2.33 bits per heavy atom. The average Bonchev–Trinajstić information content (AvgIpc) is 2.30. The van der Waals surface area contributed by atoms with Crippen molar-refractivity contribution < 1.29 is 5.11 Å². The number of hydrogen-bond acceptors (Lipinski definition) is 2. The van der Waals surface area contributed by atoms with Crippen molar-refractivity contribution in [3.05, 3.63) is 0 Å². The van der Waals surface area contributed by atoms with Gasteiger partial charge in [0, 0.05) is 12.0 Å². The van der Waals surface area contributed by atoms with E-state index < -0.39 is 0 Å². The van der Waals surface area contributed by atoms with E-state index >= 15 is 0 Å². The third kappa shape index (κ3) is 2.36. The first-order valence-electron chi connectivity index (χ1n) is 6.66. The quantitative estimate of drug-likeness (QED) is 0.735. The first-order chi connectivity index (χ1) is 7.26. The first-order valence-corrected chi connectivity index (χ1v) is 6.66. The summed E-state index contributed by atoms with van der Waals surface area (Å²) >= 11 is 0. The highest BCUT2D eigenvalue weighted by Gasteiger charge is 2.42. The second-order valence-electron chi connectivity index (χ2n) is 5.45. The van der Waals surface area contributed by atoms with Gasteiger partial charge in [-0.05, 0) is 32.7 Å². The van der Waals surface area contributed by atoms with Gasteiger partial charge in [0.25, 0.3) is 0 Å². The van der Waals surface area contributed by atoms with Crippen LogP contribution in [0.3, 0.4) is 0 Å². The Morgan fingerprint density at radius 2 is 1.67 bits per heavy atom. The molecular formula is C13H25NO. The van der Waals surface area contributed by atoms with E-state index in [9.17, 15) is 5.11 Å². The molecule has 0 bridgehead atoms. The van der Waals surface area contributed by atoms with Crippen LogP contribution in [0.25, 0.3) is 0 Å². The molecule has 88 valence electrons. The van der Waals surface area contributed by atoms with Crippen molar-refractivity contribution in [3.63, 3.8) is 0 Å². The Bertz CT molecular complexity index is 199. The molecule has 0 aromatic carbocycles. The molecule has 0 saturated heterocycles. The predicted molar refractivity (Wildman–Crippen MR) is 62.8 cm³/mol.